The zero-order chi connectivity index (χ0) is 17.6. The highest BCUT2D eigenvalue weighted by Crippen LogP contribution is 2.32. The minimum absolute atomic E-state index is 0.0172. The Morgan fingerprint density at radius 3 is 2.68 bits per heavy atom. The maximum atomic E-state index is 12.9. The summed E-state index contributed by atoms with van der Waals surface area (Å²) >= 11 is 0. The number of oxazole rings is 1. The second-order valence-electron chi connectivity index (χ2n) is 6.76. The third-order valence-electron chi connectivity index (χ3n) is 5.07. The Kier molecular flexibility index (Phi) is 5.87. The fraction of sp³-hybridized carbons (Fsp3) is 0.500. The summed E-state index contributed by atoms with van der Waals surface area (Å²) in [5, 5.41) is 9.40. The smallest absolute Gasteiger partial charge is 0.276 e. The van der Waals surface area contributed by atoms with Gasteiger partial charge < -0.3 is 14.4 Å². The Morgan fingerprint density at radius 2 is 2.00 bits per heavy atom. The van der Waals surface area contributed by atoms with Crippen LogP contribution in [-0.2, 0) is 0 Å². The summed E-state index contributed by atoms with van der Waals surface area (Å²) in [6.07, 6.45) is 7.79. The van der Waals surface area contributed by atoms with Gasteiger partial charge in [-0.1, -0.05) is 49.6 Å². The van der Waals surface area contributed by atoms with E-state index in [9.17, 15) is 9.90 Å². The number of carbonyl (C=O) groups is 1. The van der Waals surface area contributed by atoms with E-state index in [0.29, 0.717) is 23.9 Å². The lowest BCUT2D eigenvalue weighted by Crippen LogP contribution is -2.32. The highest BCUT2D eigenvalue weighted by atomic mass is 16.3. The number of aliphatic hydroxyl groups is 1. The Balaban J connectivity index is 1.75. The third-order valence-corrected chi connectivity index (χ3v) is 5.07. The first-order valence-corrected chi connectivity index (χ1v) is 9.09. The van der Waals surface area contributed by atoms with Crippen molar-refractivity contribution in [1.29, 1.82) is 0 Å². The van der Waals surface area contributed by atoms with Crippen LogP contribution in [0.4, 0.5) is 0 Å². The second-order valence-corrected chi connectivity index (χ2v) is 6.76. The number of carbonyl (C=O) groups excluding carboxylic acids is 1. The molecule has 2 aromatic rings. The molecule has 0 saturated heterocycles. The van der Waals surface area contributed by atoms with E-state index in [4.69, 9.17) is 4.42 Å². The topological polar surface area (TPSA) is 66.6 Å². The molecule has 5 heteroatoms. The number of aliphatic hydroxyl groups excluding tert-OH is 1. The third kappa shape index (κ3) is 4.10. The van der Waals surface area contributed by atoms with E-state index in [1.807, 2.05) is 30.3 Å². The SMILES string of the molecule is CN(C(=O)c1coc(C2CCCCC2)n1)C(CCO)c1ccccc1. The van der Waals surface area contributed by atoms with Crippen LogP contribution < -0.4 is 0 Å². The molecule has 0 aliphatic heterocycles. The molecule has 25 heavy (non-hydrogen) atoms. The fourth-order valence-electron chi connectivity index (χ4n) is 3.63. The lowest BCUT2D eigenvalue weighted by molar-refractivity contribution is 0.0699. The number of nitrogens with zero attached hydrogens (tertiary/aromatic N) is 2. The van der Waals surface area contributed by atoms with Crippen LogP contribution in [0.5, 0.6) is 0 Å². The van der Waals surface area contributed by atoms with Crippen molar-refractivity contribution in [3.05, 3.63) is 53.7 Å². The molecule has 1 aliphatic rings. The highest BCUT2D eigenvalue weighted by Gasteiger charge is 2.27. The van der Waals surface area contributed by atoms with Gasteiger partial charge in [0.1, 0.15) is 6.26 Å². The van der Waals surface area contributed by atoms with E-state index in [1.54, 1.807) is 11.9 Å². The van der Waals surface area contributed by atoms with Gasteiger partial charge in [-0.25, -0.2) is 4.98 Å². The molecule has 1 atom stereocenters. The van der Waals surface area contributed by atoms with Crippen LogP contribution in [0.15, 0.2) is 41.0 Å². The van der Waals surface area contributed by atoms with Gasteiger partial charge in [0.05, 0.1) is 6.04 Å². The molecule has 1 heterocycles. The monoisotopic (exact) mass is 342 g/mol. The Morgan fingerprint density at radius 1 is 1.28 bits per heavy atom. The molecule has 0 spiro atoms. The molecule has 5 nitrogen and oxygen atoms in total. The van der Waals surface area contributed by atoms with Crippen molar-refractivity contribution in [2.75, 3.05) is 13.7 Å². The molecular weight excluding hydrogens is 316 g/mol. The number of amides is 1. The first-order valence-electron chi connectivity index (χ1n) is 9.09. The normalized spacial score (nSPS) is 16.6. The van der Waals surface area contributed by atoms with Gasteiger partial charge in [0.25, 0.3) is 5.91 Å². The van der Waals surface area contributed by atoms with Crippen LogP contribution in [0.3, 0.4) is 0 Å². The number of rotatable bonds is 6. The first kappa shape index (κ1) is 17.7. The number of hydrogen-bond acceptors (Lipinski definition) is 4. The van der Waals surface area contributed by atoms with Crippen molar-refractivity contribution in [2.24, 2.45) is 0 Å². The average Bonchev–Trinajstić information content (AvgIpc) is 3.16. The van der Waals surface area contributed by atoms with Crippen molar-refractivity contribution in [2.45, 2.75) is 50.5 Å². The predicted molar refractivity (Wildman–Crippen MR) is 95.3 cm³/mol. The van der Waals surface area contributed by atoms with Crippen molar-refractivity contribution in [3.8, 4) is 0 Å². The quantitative estimate of drug-likeness (QED) is 0.864. The highest BCUT2D eigenvalue weighted by molar-refractivity contribution is 5.92. The molecule has 1 saturated carbocycles. The van der Waals surface area contributed by atoms with Crippen LogP contribution in [0.25, 0.3) is 0 Å². The minimum Gasteiger partial charge on any atom is -0.448 e. The Hall–Kier alpha value is -2.14. The number of hydrogen-bond donors (Lipinski definition) is 1. The standard InChI is InChI=1S/C20H26N2O3/c1-22(18(12-13-23)15-8-4-2-5-9-15)20(24)17-14-25-19(21-17)16-10-6-3-7-11-16/h2,4-5,8-9,14,16,18,23H,3,6-7,10-13H2,1H3. The van der Waals surface area contributed by atoms with Crippen LogP contribution in [0.2, 0.25) is 0 Å². The van der Waals surface area contributed by atoms with Crippen LogP contribution >= 0.6 is 0 Å². The zero-order valence-corrected chi connectivity index (χ0v) is 14.7. The van der Waals surface area contributed by atoms with E-state index < -0.39 is 0 Å². The van der Waals surface area contributed by atoms with Gasteiger partial charge in [-0.3, -0.25) is 4.79 Å². The van der Waals surface area contributed by atoms with Crippen LogP contribution in [0.1, 0.15) is 72.4 Å². The Bertz CT molecular complexity index is 677. The summed E-state index contributed by atoms with van der Waals surface area (Å²) in [6, 6.07) is 9.58. The first-order chi connectivity index (χ1) is 12.2. The maximum Gasteiger partial charge on any atom is 0.276 e. The van der Waals surface area contributed by atoms with Gasteiger partial charge in [0, 0.05) is 19.6 Å². The molecule has 1 amide bonds. The van der Waals surface area contributed by atoms with Gasteiger partial charge in [0.2, 0.25) is 0 Å². The van der Waals surface area contributed by atoms with Gasteiger partial charge in [-0.15, -0.1) is 0 Å². The van der Waals surface area contributed by atoms with Gasteiger partial charge in [0.15, 0.2) is 11.6 Å². The lowest BCUT2D eigenvalue weighted by atomic mass is 9.89. The van der Waals surface area contributed by atoms with Crippen LogP contribution in [-0.4, -0.2) is 34.6 Å². The molecular formula is C20H26N2O3. The molecule has 0 bridgehead atoms. The summed E-state index contributed by atoms with van der Waals surface area (Å²) < 4.78 is 5.61. The van der Waals surface area contributed by atoms with Crippen molar-refractivity contribution >= 4 is 5.91 Å². The summed E-state index contributed by atoms with van der Waals surface area (Å²) in [4.78, 5) is 19.0. The number of aromatic nitrogens is 1. The maximum absolute atomic E-state index is 12.9. The molecule has 3 rings (SSSR count). The summed E-state index contributed by atoms with van der Waals surface area (Å²) in [7, 11) is 1.75. The predicted octanol–water partition coefficient (Wildman–Crippen LogP) is 3.92. The van der Waals surface area contributed by atoms with Crippen molar-refractivity contribution < 1.29 is 14.3 Å². The van der Waals surface area contributed by atoms with Gasteiger partial charge in [-0.2, -0.15) is 0 Å². The molecule has 1 unspecified atom stereocenters. The average molecular weight is 342 g/mol. The van der Waals surface area contributed by atoms with E-state index in [0.717, 1.165) is 18.4 Å². The van der Waals surface area contributed by atoms with E-state index >= 15 is 0 Å². The van der Waals surface area contributed by atoms with Crippen molar-refractivity contribution in [1.82, 2.24) is 9.88 Å². The largest absolute Gasteiger partial charge is 0.448 e. The van der Waals surface area contributed by atoms with Crippen LogP contribution in [0, 0.1) is 0 Å². The minimum atomic E-state index is -0.187. The molecule has 1 aromatic heterocycles. The summed E-state index contributed by atoms with van der Waals surface area (Å²) in [6.45, 7) is 0.0172. The van der Waals surface area contributed by atoms with E-state index in [-0.39, 0.29) is 18.6 Å². The molecule has 1 aliphatic carbocycles. The summed E-state index contributed by atoms with van der Waals surface area (Å²) in [5.74, 6) is 0.853. The molecule has 1 fully saturated rings. The molecule has 134 valence electrons. The van der Waals surface area contributed by atoms with E-state index in [2.05, 4.69) is 4.98 Å². The second kappa shape index (κ2) is 8.30. The van der Waals surface area contributed by atoms with E-state index in [1.165, 1.54) is 25.5 Å². The van der Waals surface area contributed by atoms with Crippen molar-refractivity contribution in [3.63, 3.8) is 0 Å². The van der Waals surface area contributed by atoms with Gasteiger partial charge >= 0.3 is 0 Å². The molecule has 1 aromatic carbocycles. The fourth-order valence-corrected chi connectivity index (χ4v) is 3.63. The summed E-state index contributed by atoms with van der Waals surface area (Å²) in [5.41, 5.74) is 1.35. The molecule has 0 radical (unpaired) electrons. The zero-order valence-electron chi connectivity index (χ0n) is 14.7. The Labute approximate surface area is 148 Å². The lowest BCUT2D eigenvalue weighted by Gasteiger charge is -2.27. The number of benzene rings is 1. The van der Waals surface area contributed by atoms with Gasteiger partial charge in [-0.05, 0) is 24.8 Å². The molecule has 1 N–H and O–H groups in total.